The number of nitrogens with one attached hydrogen (secondary N) is 2. The summed E-state index contributed by atoms with van der Waals surface area (Å²) in [7, 11) is -2.49. The molecule has 33 heavy (non-hydrogen) atoms. The summed E-state index contributed by atoms with van der Waals surface area (Å²) < 4.78 is 80.5. The van der Waals surface area contributed by atoms with Crippen LogP contribution in [0.25, 0.3) is 0 Å². The number of alkyl halides is 3. The summed E-state index contributed by atoms with van der Waals surface area (Å²) in [5, 5.41) is 9.91. The number of rotatable bonds is 8. The second kappa shape index (κ2) is 10.5. The Morgan fingerprint density at radius 2 is 1.73 bits per heavy atom. The second-order valence-corrected chi connectivity index (χ2v) is 9.19. The maximum Gasteiger partial charge on any atom is 0.409 e. The number of anilines is 1. The molecule has 10 nitrogen and oxygen atoms in total. The van der Waals surface area contributed by atoms with Gasteiger partial charge >= 0.3 is 28.4 Å². The third-order valence-corrected chi connectivity index (χ3v) is 6.34. The van der Waals surface area contributed by atoms with Gasteiger partial charge in [-0.15, -0.1) is 0 Å². The van der Waals surface area contributed by atoms with Gasteiger partial charge in [-0.2, -0.15) is 25.9 Å². The third-order valence-electron chi connectivity index (χ3n) is 4.40. The van der Waals surface area contributed by atoms with Crippen LogP contribution in [-0.2, 0) is 15.0 Å². The van der Waals surface area contributed by atoms with Crippen LogP contribution in [-0.4, -0.2) is 73.0 Å². The highest BCUT2D eigenvalue weighted by molar-refractivity contribution is 7.87. The fourth-order valence-corrected chi connectivity index (χ4v) is 3.60. The zero-order chi connectivity index (χ0) is 25.9. The average molecular weight is 521 g/mol. The van der Waals surface area contributed by atoms with Crippen molar-refractivity contribution in [2.45, 2.75) is 38.5 Å². The predicted molar refractivity (Wildman–Crippen MR) is 110 cm³/mol. The van der Waals surface area contributed by atoms with E-state index in [0.29, 0.717) is 19.2 Å². The summed E-state index contributed by atoms with van der Waals surface area (Å²) in [4.78, 5) is 35.3. The molecule has 0 radical (unpaired) electrons. The normalized spacial score (nSPS) is 13.1. The summed E-state index contributed by atoms with van der Waals surface area (Å²) in [5.41, 5.74) is -1.40. The van der Waals surface area contributed by atoms with Crippen molar-refractivity contribution >= 4 is 45.4 Å². The molecule has 186 valence electrons. The van der Waals surface area contributed by atoms with Gasteiger partial charge in [-0.25, -0.2) is 13.9 Å². The molecule has 1 aromatic carbocycles. The Hall–Kier alpha value is -2.65. The van der Waals surface area contributed by atoms with E-state index >= 15 is 0 Å². The number of carboxylic acids is 1. The van der Waals surface area contributed by atoms with E-state index in [0.717, 1.165) is 4.31 Å². The summed E-state index contributed by atoms with van der Waals surface area (Å²) in [6.45, 7) is 3.05. The molecule has 0 aliphatic carbocycles. The molecule has 3 N–H and O–H groups in total. The number of carbonyl (C=O) groups is 3. The van der Waals surface area contributed by atoms with E-state index in [-0.39, 0.29) is 4.90 Å². The molecule has 0 aliphatic heterocycles. The lowest BCUT2D eigenvalue weighted by Gasteiger charge is -2.29. The van der Waals surface area contributed by atoms with E-state index in [1.165, 1.54) is 20.9 Å². The number of carbonyl (C=O) groups excluding carboxylic acids is 2. The highest BCUT2D eigenvalue weighted by atomic mass is 35.5. The summed E-state index contributed by atoms with van der Waals surface area (Å²) >= 11 is 5.79. The molecule has 1 unspecified atom stereocenters. The predicted octanol–water partition coefficient (Wildman–Crippen LogP) is 2.66. The molecule has 0 bridgehead atoms. The zero-order valence-corrected chi connectivity index (χ0v) is 19.3. The summed E-state index contributed by atoms with van der Waals surface area (Å²) in [6, 6.07) is -3.63. The number of hydrogen-bond donors (Lipinski definition) is 3. The lowest BCUT2D eigenvalue weighted by atomic mass is 10.1. The molecule has 0 aromatic heterocycles. The SMILES string of the molecule is CC(C)N(C)S(=O)(=O)NC(=O)c1cc(NC(=O)N(C)C(CC(=O)O)C(F)(F)F)c(F)cc1Cl. The van der Waals surface area contributed by atoms with Gasteiger partial charge < -0.3 is 15.3 Å². The lowest BCUT2D eigenvalue weighted by Crippen LogP contribution is -2.49. The van der Waals surface area contributed by atoms with Crippen LogP contribution < -0.4 is 10.0 Å². The van der Waals surface area contributed by atoms with Gasteiger partial charge in [0.25, 0.3) is 5.91 Å². The smallest absolute Gasteiger partial charge is 0.409 e. The Labute approximate surface area is 191 Å². The third kappa shape index (κ3) is 7.43. The first-order valence-electron chi connectivity index (χ1n) is 9.00. The molecular formula is C17H21ClF4N4O6S. The first kappa shape index (κ1) is 28.4. The molecule has 3 amide bonds. The number of nitrogens with zero attached hydrogens (tertiary/aromatic N) is 2. The van der Waals surface area contributed by atoms with E-state index in [4.69, 9.17) is 16.7 Å². The van der Waals surface area contributed by atoms with Crippen LogP contribution in [0.5, 0.6) is 0 Å². The number of urea groups is 1. The minimum Gasteiger partial charge on any atom is -0.481 e. The Morgan fingerprint density at radius 3 is 2.18 bits per heavy atom. The standard InChI is InChI=1S/C17H21ClF4N4O6S/c1-8(2)26(4)33(31,32)24-15(29)9-5-12(11(19)6-10(9)18)23-16(30)25(3)13(7-14(27)28)17(20,21)22/h5-6,8,13H,7H2,1-4H3,(H,23,30)(H,24,29)(H,27,28). The molecule has 0 saturated heterocycles. The minimum atomic E-state index is -5.11. The molecule has 1 atom stereocenters. The van der Waals surface area contributed by atoms with Crippen molar-refractivity contribution in [1.82, 2.24) is 13.9 Å². The molecule has 1 rings (SSSR count). The molecule has 0 aliphatic rings. The van der Waals surface area contributed by atoms with Crippen LogP contribution >= 0.6 is 11.6 Å². The van der Waals surface area contributed by atoms with Gasteiger partial charge in [0.05, 0.1) is 22.7 Å². The number of carboxylic acid groups (broad SMARTS) is 1. The van der Waals surface area contributed by atoms with Crippen molar-refractivity contribution < 1.29 is 45.5 Å². The molecule has 16 heteroatoms. The average Bonchev–Trinajstić information content (AvgIpc) is 2.65. The largest absolute Gasteiger partial charge is 0.481 e. The minimum absolute atomic E-state index is 0.00394. The monoisotopic (exact) mass is 520 g/mol. The Morgan fingerprint density at radius 1 is 1.18 bits per heavy atom. The van der Waals surface area contributed by atoms with E-state index in [1.54, 1.807) is 10.0 Å². The van der Waals surface area contributed by atoms with Crippen molar-refractivity contribution in [1.29, 1.82) is 0 Å². The molecular weight excluding hydrogens is 500 g/mol. The number of halogens is 5. The highest BCUT2D eigenvalue weighted by Gasteiger charge is 2.45. The van der Waals surface area contributed by atoms with Gasteiger partial charge in [-0.05, 0) is 26.0 Å². The van der Waals surface area contributed by atoms with Gasteiger partial charge in [0.15, 0.2) is 0 Å². The van der Waals surface area contributed by atoms with Crippen molar-refractivity contribution in [3.63, 3.8) is 0 Å². The second-order valence-electron chi connectivity index (χ2n) is 7.05. The van der Waals surface area contributed by atoms with Crippen molar-refractivity contribution in [2.24, 2.45) is 0 Å². The Kier molecular flexibility index (Phi) is 9.05. The number of amides is 3. The fraction of sp³-hybridized carbons (Fsp3) is 0.471. The molecule has 0 fully saturated rings. The van der Waals surface area contributed by atoms with E-state index in [9.17, 15) is 40.4 Å². The summed E-state index contributed by atoms with van der Waals surface area (Å²) in [6.07, 6.45) is -6.57. The van der Waals surface area contributed by atoms with Crippen LogP contribution in [0.4, 0.5) is 28.0 Å². The van der Waals surface area contributed by atoms with Gasteiger partial charge in [-0.3, -0.25) is 9.59 Å². The van der Waals surface area contributed by atoms with Gasteiger partial charge in [0, 0.05) is 20.1 Å². The van der Waals surface area contributed by atoms with Crippen molar-refractivity contribution in [2.75, 3.05) is 19.4 Å². The molecule has 1 aromatic rings. The highest BCUT2D eigenvalue weighted by Crippen LogP contribution is 2.29. The van der Waals surface area contributed by atoms with E-state index in [1.807, 2.05) is 0 Å². The van der Waals surface area contributed by atoms with Crippen molar-refractivity contribution in [3.05, 3.63) is 28.5 Å². The van der Waals surface area contributed by atoms with Gasteiger partial charge in [-0.1, -0.05) is 11.6 Å². The molecule has 0 spiro atoms. The van der Waals surface area contributed by atoms with Crippen LogP contribution in [0.2, 0.25) is 5.02 Å². The van der Waals surface area contributed by atoms with Crippen LogP contribution in [0.1, 0.15) is 30.6 Å². The maximum absolute atomic E-state index is 14.2. The molecule has 0 heterocycles. The van der Waals surface area contributed by atoms with E-state index in [2.05, 4.69) is 0 Å². The van der Waals surface area contributed by atoms with Crippen molar-refractivity contribution in [3.8, 4) is 0 Å². The van der Waals surface area contributed by atoms with Gasteiger partial charge in [0.2, 0.25) is 0 Å². The quantitative estimate of drug-likeness (QED) is 0.451. The number of aliphatic carboxylic acids is 1. The zero-order valence-electron chi connectivity index (χ0n) is 17.7. The van der Waals surface area contributed by atoms with Crippen LogP contribution in [0.3, 0.4) is 0 Å². The first-order valence-corrected chi connectivity index (χ1v) is 10.8. The fourth-order valence-electron chi connectivity index (χ4n) is 2.32. The Balaban J connectivity index is 3.22. The van der Waals surface area contributed by atoms with Crippen LogP contribution in [0, 0.1) is 5.82 Å². The number of benzene rings is 1. The van der Waals surface area contributed by atoms with E-state index < -0.39 is 74.9 Å². The topological polar surface area (TPSA) is 136 Å². The molecule has 0 saturated carbocycles. The van der Waals surface area contributed by atoms with Crippen LogP contribution in [0.15, 0.2) is 12.1 Å². The number of hydrogen-bond acceptors (Lipinski definition) is 5. The first-order chi connectivity index (χ1) is 14.9. The Bertz CT molecular complexity index is 1040. The lowest BCUT2D eigenvalue weighted by molar-refractivity contribution is -0.180. The maximum atomic E-state index is 14.2. The summed E-state index contributed by atoms with van der Waals surface area (Å²) in [5.74, 6) is -4.38. The van der Waals surface area contributed by atoms with Gasteiger partial charge in [0.1, 0.15) is 11.9 Å².